The molecule has 0 radical (unpaired) electrons. The van der Waals surface area contributed by atoms with E-state index in [-0.39, 0.29) is 0 Å². The number of imidazole rings is 1. The highest BCUT2D eigenvalue weighted by Crippen LogP contribution is 2.25. The van der Waals surface area contributed by atoms with Gasteiger partial charge in [-0.05, 0) is 44.7 Å². The van der Waals surface area contributed by atoms with E-state index < -0.39 is 0 Å². The Hall–Kier alpha value is -0.910. The quantitative estimate of drug-likeness (QED) is 0.942. The van der Waals surface area contributed by atoms with Crippen LogP contribution in [0.15, 0.2) is 17.8 Å². The number of fused-ring (bicyclic) bond motifs is 1. The van der Waals surface area contributed by atoms with Gasteiger partial charge in [-0.2, -0.15) is 0 Å². The average Bonchev–Trinajstić information content (AvgIpc) is 3.15. The van der Waals surface area contributed by atoms with E-state index in [2.05, 4.69) is 32.4 Å². The van der Waals surface area contributed by atoms with Crippen molar-refractivity contribution in [1.82, 2.24) is 19.6 Å². The van der Waals surface area contributed by atoms with Crippen LogP contribution in [-0.2, 0) is 6.54 Å². The van der Waals surface area contributed by atoms with Gasteiger partial charge in [-0.3, -0.25) is 9.30 Å². The van der Waals surface area contributed by atoms with Gasteiger partial charge < -0.3 is 5.32 Å². The smallest absolute Gasteiger partial charge is 0.193 e. The number of likely N-dealkylation sites (tertiary alicyclic amines) is 1. The van der Waals surface area contributed by atoms with Crippen LogP contribution >= 0.6 is 11.3 Å². The molecule has 4 nitrogen and oxygen atoms in total. The molecule has 2 aromatic heterocycles. The molecule has 2 atom stereocenters. The van der Waals surface area contributed by atoms with Crippen molar-refractivity contribution in [2.24, 2.45) is 5.92 Å². The van der Waals surface area contributed by atoms with Gasteiger partial charge in [0.25, 0.3) is 0 Å². The molecule has 2 aliphatic rings. The number of nitrogens with zero attached hydrogens (tertiary/aromatic N) is 3. The number of piperidine rings is 1. The van der Waals surface area contributed by atoms with Crippen LogP contribution in [0.1, 0.15) is 31.4 Å². The summed E-state index contributed by atoms with van der Waals surface area (Å²) >= 11 is 1.71. The fourth-order valence-electron chi connectivity index (χ4n) is 3.76. The highest BCUT2D eigenvalue weighted by atomic mass is 32.1. The van der Waals surface area contributed by atoms with Gasteiger partial charge in [0.2, 0.25) is 0 Å². The molecule has 1 N–H and O–H groups in total. The lowest BCUT2D eigenvalue weighted by molar-refractivity contribution is 0.144. The van der Waals surface area contributed by atoms with E-state index in [1.54, 1.807) is 11.3 Å². The molecule has 2 unspecified atom stereocenters. The van der Waals surface area contributed by atoms with Crippen LogP contribution in [0.5, 0.6) is 0 Å². The molecule has 2 fully saturated rings. The van der Waals surface area contributed by atoms with Crippen LogP contribution < -0.4 is 5.32 Å². The number of aromatic nitrogens is 2. The summed E-state index contributed by atoms with van der Waals surface area (Å²) in [5.41, 5.74) is 1.22. The third kappa shape index (κ3) is 2.50. The summed E-state index contributed by atoms with van der Waals surface area (Å²) in [5.74, 6) is 0.843. The zero-order valence-corrected chi connectivity index (χ0v) is 12.6. The Labute approximate surface area is 123 Å². The van der Waals surface area contributed by atoms with Crippen LogP contribution in [0.25, 0.3) is 4.96 Å². The van der Waals surface area contributed by atoms with Crippen molar-refractivity contribution >= 4 is 16.3 Å². The molecule has 0 bridgehead atoms. The van der Waals surface area contributed by atoms with E-state index >= 15 is 0 Å². The summed E-state index contributed by atoms with van der Waals surface area (Å²) in [5, 5.41) is 5.78. The SMILES string of the molecule is c1cn2cc(CN3CCCC(C4CCCN4)C3)nc2s1. The summed E-state index contributed by atoms with van der Waals surface area (Å²) in [6.45, 7) is 4.70. The minimum atomic E-state index is 0.767. The van der Waals surface area contributed by atoms with Crippen molar-refractivity contribution in [3.8, 4) is 0 Å². The second kappa shape index (κ2) is 5.47. The average molecular weight is 290 g/mol. The van der Waals surface area contributed by atoms with Gasteiger partial charge >= 0.3 is 0 Å². The molecule has 5 heteroatoms. The Kier molecular flexibility index (Phi) is 3.50. The number of rotatable bonds is 3. The van der Waals surface area contributed by atoms with Gasteiger partial charge in [0.05, 0.1) is 5.69 Å². The summed E-state index contributed by atoms with van der Waals surface area (Å²) in [7, 11) is 0. The predicted molar refractivity (Wildman–Crippen MR) is 82.1 cm³/mol. The summed E-state index contributed by atoms with van der Waals surface area (Å²) < 4.78 is 2.14. The van der Waals surface area contributed by atoms with Gasteiger partial charge in [0, 0.05) is 36.9 Å². The number of hydrogen-bond donors (Lipinski definition) is 1. The van der Waals surface area contributed by atoms with Crippen molar-refractivity contribution in [1.29, 1.82) is 0 Å². The highest BCUT2D eigenvalue weighted by Gasteiger charge is 2.29. The Morgan fingerprint density at radius 3 is 3.20 bits per heavy atom. The van der Waals surface area contributed by atoms with Gasteiger partial charge in [-0.15, -0.1) is 11.3 Å². The first kappa shape index (κ1) is 12.8. The van der Waals surface area contributed by atoms with Crippen molar-refractivity contribution in [2.45, 2.75) is 38.3 Å². The summed E-state index contributed by atoms with van der Waals surface area (Å²) in [6, 6.07) is 0.767. The van der Waals surface area contributed by atoms with Crippen LogP contribution in [0.2, 0.25) is 0 Å². The van der Waals surface area contributed by atoms with Gasteiger partial charge in [0.15, 0.2) is 4.96 Å². The van der Waals surface area contributed by atoms with Crippen LogP contribution in [0.4, 0.5) is 0 Å². The minimum absolute atomic E-state index is 0.767. The number of thiazole rings is 1. The maximum absolute atomic E-state index is 4.71. The zero-order valence-electron chi connectivity index (χ0n) is 11.8. The summed E-state index contributed by atoms with van der Waals surface area (Å²) in [6.07, 6.45) is 9.75. The van der Waals surface area contributed by atoms with Gasteiger partial charge in [0.1, 0.15) is 0 Å². The molecule has 2 aromatic rings. The fourth-order valence-corrected chi connectivity index (χ4v) is 4.48. The molecule has 0 amide bonds. The maximum Gasteiger partial charge on any atom is 0.193 e. The van der Waals surface area contributed by atoms with E-state index in [4.69, 9.17) is 4.98 Å². The van der Waals surface area contributed by atoms with E-state index in [1.165, 1.54) is 51.0 Å². The lowest BCUT2D eigenvalue weighted by atomic mass is 9.90. The van der Waals surface area contributed by atoms with E-state index in [0.29, 0.717) is 0 Å². The molecule has 0 saturated carbocycles. The zero-order chi connectivity index (χ0) is 13.4. The Morgan fingerprint density at radius 1 is 1.35 bits per heavy atom. The third-order valence-corrected chi connectivity index (χ3v) is 5.51. The largest absolute Gasteiger partial charge is 0.314 e. The molecule has 4 heterocycles. The van der Waals surface area contributed by atoms with Crippen LogP contribution in [0, 0.1) is 5.92 Å². The standard InChI is InChI=1S/C15H22N4S/c1-4-14(16-5-1)12-3-2-6-18(9-12)10-13-11-19-7-8-20-15(19)17-13/h7-8,11-12,14,16H,1-6,9-10H2. The van der Waals surface area contributed by atoms with E-state index in [1.807, 2.05) is 0 Å². The highest BCUT2D eigenvalue weighted by molar-refractivity contribution is 7.15. The second-order valence-corrected chi connectivity index (χ2v) is 7.04. The van der Waals surface area contributed by atoms with Crippen molar-refractivity contribution in [2.75, 3.05) is 19.6 Å². The first-order valence-corrected chi connectivity index (χ1v) is 8.63. The minimum Gasteiger partial charge on any atom is -0.314 e. The molecule has 0 aromatic carbocycles. The Bertz CT molecular complexity index is 541. The van der Waals surface area contributed by atoms with Crippen molar-refractivity contribution < 1.29 is 0 Å². The Balaban J connectivity index is 1.41. The third-order valence-electron chi connectivity index (χ3n) is 4.74. The lowest BCUT2D eigenvalue weighted by Crippen LogP contribution is -2.43. The molecular weight excluding hydrogens is 268 g/mol. The Morgan fingerprint density at radius 2 is 2.35 bits per heavy atom. The molecule has 4 rings (SSSR count). The van der Waals surface area contributed by atoms with Gasteiger partial charge in [-0.25, -0.2) is 4.98 Å². The maximum atomic E-state index is 4.71. The van der Waals surface area contributed by atoms with Crippen LogP contribution in [0.3, 0.4) is 0 Å². The monoisotopic (exact) mass is 290 g/mol. The first-order valence-electron chi connectivity index (χ1n) is 7.75. The molecule has 2 saturated heterocycles. The normalized spacial score (nSPS) is 28.4. The van der Waals surface area contributed by atoms with Crippen LogP contribution in [-0.4, -0.2) is 40.0 Å². The molecule has 108 valence electrons. The first-order chi connectivity index (χ1) is 9.88. The molecular formula is C15H22N4S. The predicted octanol–water partition coefficient (Wildman–Crippen LogP) is 2.36. The van der Waals surface area contributed by atoms with E-state index in [9.17, 15) is 0 Å². The molecule has 0 aliphatic carbocycles. The molecule has 0 spiro atoms. The molecule has 20 heavy (non-hydrogen) atoms. The number of hydrogen-bond acceptors (Lipinski definition) is 4. The van der Waals surface area contributed by atoms with E-state index in [0.717, 1.165) is 23.5 Å². The summed E-state index contributed by atoms with van der Waals surface area (Å²) in [4.78, 5) is 8.43. The van der Waals surface area contributed by atoms with Gasteiger partial charge in [-0.1, -0.05) is 0 Å². The second-order valence-electron chi connectivity index (χ2n) is 6.17. The fraction of sp³-hybridized carbons (Fsp3) is 0.667. The molecule has 2 aliphatic heterocycles. The van der Waals surface area contributed by atoms with Crippen molar-refractivity contribution in [3.63, 3.8) is 0 Å². The number of nitrogens with one attached hydrogen (secondary N) is 1. The topological polar surface area (TPSA) is 32.6 Å². The van der Waals surface area contributed by atoms with Crippen molar-refractivity contribution in [3.05, 3.63) is 23.5 Å². The lowest BCUT2D eigenvalue weighted by Gasteiger charge is -2.35.